The summed E-state index contributed by atoms with van der Waals surface area (Å²) in [5, 5.41) is 2.57. The molecule has 0 spiro atoms. The molecule has 0 bridgehead atoms. The highest BCUT2D eigenvalue weighted by Crippen LogP contribution is 2.43. The number of benzene rings is 2. The van der Waals surface area contributed by atoms with Gasteiger partial charge in [-0.25, -0.2) is 15.0 Å². The summed E-state index contributed by atoms with van der Waals surface area (Å²) in [6.45, 7) is 23.4. The van der Waals surface area contributed by atoms with Gasteiger partial charge in [0.1, 0.15) is 18.7 Å². The summed E-state index contributed by atoms with van der Waals surface area (Å²) in [4.78, 5) is 14.4. The number of aromatic nitrogens is 5. The third-order valence-electron chi connectivity index (χ3n) is 10.3. The molecule has 5 aromatic rings. The molecular weight excluding hydrogens is 583 g/mol. The number of hydrogen-bond donors (Lipinski definition) is 0. The van der Waals surface area contributed by atoms with Crippen molar-refractivity contribution in [1.82, 2.24) is 24.1 Å². The lowest BCUT2D eigenvalue weighted by Gasteiger charge is -2.40. The Morgan fingerprint density at radius 3 is 2.00 bits per heavy atom. The first-order valence-corrected chi connectivity index (χ1v) is 21.5. The molecule has 1 aliphatic heterocycles. The maximum absolute atomic E-state index is 7.02. The van der Waals surface area contributed by atoms with Crippen molar-refractivity contribution >= 4 is 49.6 Å². The highest BCUT2D eigenvalue weighted by Gasteiger charge is 2.47. The van der Waals surface area contributed by atoms with Crippen LogP contribution in [0.15, 0.2) is 61.2 Å². The van der Waals surface area contributed by atoms with E-state index >= 15 is 0 Å². The first kappa shape index (κ1) is 31.1. The van der Waals surface area contributed by atoms with Gasteiger partial charge < -0.3 is 13.6 Å². The Balaban J connectivity index is 1.38. The van der Waals surface area contributed by atoms with Crippen LogP contribution in [-0.4, -0.2) is 59.5 Å². The van der Waals surface area contributed by atoms with Gasteiger partial charge in [-0.15, -0.1) is 0 Å². The Bertz CT molecular complexity index is 1760. The summed E-state index contributed by atoms with van der Waals surface area (Å²) in [6.07, 6.45) is 3.65. The number of nitrogens with zero attached hydrogens (tertiary/aromatic N) is 5. The van der Waals surface area contributed by atoms with Crippen LogP contribution in [0, 0.1) is 0 Å². The number of para-hydroxylation sites is 2. The highest BCUT2D eigenvalue weighted by molar-refractivity contribution is 6.74. The maximum Gasteiger partial charge on any atom is 0.192 e. The van der Waals surface area contributed by atoms with Crippen LogP contribution < -0.4 is 0 Å². The van der Waals surface area contributed by atoms with Crippen molar-refractivity contribution in [3.8, 4) is 5.82 Å². The number of rotatable bonds is 7. The Labute approximate surface area is 263 Å². The van der Waals surface area contributed by atoms with Gasteiger partial charge in [0.05, 0.1) is 30.1 Å². The summed E-state index contributed by atoms with van der Waals surface area (Å²) in [5.41, 5.74) is 3.67. The van der Waals surface area contributed by atoms with E-state index in [2.05, 4.69) is 125 Å². The van der Waals surface area contributed by atoms with E-state index in [9.17, 15) is 0 Å². The molecule has 1 aliphatic rings. The fraction of sp³-hybridized carbons (Fsp3) is 0.500. The predicted molar refractivity (Wildman–Crippen MR) is 183 cm³/mol. The van der Waals surface area contributed by atoms with Crippen molar-refractivity contribution in [2.24, 2.45) is 0 Å². The molecule has 0 amide bonds. The summed E-state index contributed by atoms with van der Waals surface area (Å²) in [5.74, 6) is 0.760. The molecule has 3 aromatic heterocycles. The van der Waals surface area contributed by atoms with Crippen LogP contribution in [0.4, 0.5) is 0 Å². The normalized spacial score (nSPS) is 20.4. The smallest absolute Gasteiger partial charge is 0.192 e. The van der Waals surface area contributed by atoms with E-state index in [4.69, 9.17) is 28.5 Å². The summed E-state index contributed by atoms with van der Waals surface area (Å²) < 4.78 is 24.8. The largest absolute Gasteiger partial charge is 0.414 e. The molecule has 0 radical (unpaired) electrons. The number of fused-ring (bicyclic) bond motifs is 4. The minimum atomic E-state index is -2.07. The van der Waals surface area contributed by atoms with Gasteiger partial charge in [-0.2, -0.15) is 0 Å². The zero-order chi connectivity index (χ0) is 31.7. The van der Waals surface area contributed by atoms with E-state index in [-0.39, 0.29) is 28.5 Å². The monoisotopic (exact) mass is 629 g/mol. The molecule has 10 heteroatoms. The summed E-state index contributed by atoms with van der Waals surface area (Å²) in [7, 11) is -4.05. The topological polar surface area (TPSA) is 76.2 Å². The molecule has 3 atom stereocenters. The quantitative estimate of drug-likeness (QED) is 0.168. The van der Waals surface area contributed by atoms with Crippen LogP contribution >= 0.6 is 0 Å². The van der Waals surface area contributed by atoms with Crippen LogP contribution in [0.2, 0.25) is 36.3 Å². The number of ether oxygens (including phenoxy) is 1. The van der Waals surface area contributed by atoms with Gasteiger partial charge in [-0.1, -0.05) is 77.9 Å². The minimum Gasteiger partial charge on any atom is -0.414 e. The van der Waals surface area contributed by atoms with Crippen LogP contribution in [0.3, 0.4) is 0 Å². The molecule has 2 aromatic carbocycles. The fourth-order valence-corrected chi connectivity index (χ4v) is 7.94. The number of imidazole rings is 1. The lowest BCUT2D eigenvalue weighted by Crippen LogP contribution is -2.48. The SMILES string of the molecule is CC(C)(C)[Si](C)(C)OC[C@H]1O[C@@H](n2cnc3c(-n4c5ccccc5c5ccccc54)ncnc32)C[C@@H]1O[Si](C)(C)C(C)(C)C. The van der Waals surface area contributed by atoms with Crippen LogP contribution in [0.1, 0.15) is 54.2 Å². The van der Waals surface area contributed by atoms with Crippen molar-refractivity contribution in [3.05, 3.63) is 61.2 Å². The standard InChI is InChI=1S/C34H47N5O3Si2/c1-33(2,3)43(7,8)40-20-28-27(42-44(9,10)34(4,5)6)19-29(41-28)38-22-37-30-31(38)35-21-36-32(30)39-25-17-13-11-15-23(25)24-16-12-14-18-26(24)39/h11-18,21-22,27-29H,19-20H2,1-10H3/t27-,28+,29+/m0/s1. The van der Waals surface area contributed by atoms with Crippen LogP contribution in [0.5, 0.6) is 0 Å². The third kappa shape index (κ3) is 5.34. The molecule has 1 saturated heterocycles. The third-order valence-corrected chi connectivity index (χ3v) is 19.3. The van der Waals surface area contributed by atoms with E-state index in [0.717, 1.165) is 28.0 Å². The lowest BCUT2D eigenvalue weighted by molar-refractivity contribution is -0.0383. The van der Waals surface area contributed by atoms with E-state index in [1.165, 1.54) is 10.8 Å². The molecule has 0 aliphatic carbocycles. The van der Waals surface area contributed by atoms with Crippen molar-refractivity contribution in [1.29, 1.82) is 0 Å². The second-order valence-corrected chi connectivity index (χ2v) is 24.8. The maximum atomic E-state index is 7.02. The molecule has 1 fully saturated rings. The first-order chi connectivity index (χ1) is 20.6. The molecule has 0 N–H and O–H groups in total. The van der Waals surface area contributed by atoms with E-state index in [1.54, 1.807) is 6.33 Å². The highest BCUT2D eigenvalue weighted by atomic mass is 28.4. The zero-order valence-corrected chi connectivity index (χ0v) is 29.9. The Morgan fingerprint density at radius 2 is 1.41 bits per heavy atom. The Morgan fingerprint density at radius 1 is 0.818 bits per heavy atom. The Hall–Kier alpha value is -2.90. The van der Waals surface area contributed by atoms with Gasteiger partial charge >= 0.3 is 0 Å². The van der Waals surface area contributed by atoms with Crippen LogP contribution in [-0.2, 0) is 13.6 Å². The fourth-order valence-electron chi connectivity index (χ4n) is 5.57. The van der Waals surface area contributed by atoms with Gasteiger partial charge in [0, 0.05) is 17.2 Å². The van der Waals surface area contributed by atoms with Gasteiger partial charge in [0.15, 0.2) is 33.6 Å². The first-order valence-electron chi connectivity index (χ1n) is 15.7. The van der Waals surface area contributed by atoms with E-state index in [0.29, 0.717) is 13.0 Å². The van der Waals surface area contributed by atoms with Crippen LogP contribution in [0.25, 0.3) is 38.8 Å². The average molecular weight is 630 g/mol. The zero-order valence-electron chi connectivity index (χ0n) is 27.9. The second-order valence-electron chi connectivity index (χ2n) is 15.2. The predicted octanol–water partition coefficient (Wildman–Crippen LogP) is 8.62. The number of hydrogen-bond acceptors (Lipinski definition) is 6. The van der Waals surface area contributed by atoms with Gasteiger partial charge in [0.25, 0.3) is 0 Å². The molecule has 4 heterocycles. The van der Waals surface area contributed by atoms with Gasteiger partial charge in [-0.3, -0.25) is 9.13 Å². The van der Waals surface area contributed by atoms with Gasteiger partial charge in [0.2, 0.25) is 0 Å². The average Bonchev–Trinajstić information content (AvgIpc) is 3.64. The molecule has 234 valence electrons. The van der Waals surface area contributed by atoms with Crippen molar-refractivity contribution in [2.75, 3.05) is 6.61 Å². The van der Waals surface area contributed by atoms with Gasteiger partial charge in [-0.05, 0) is 48.4 Å². The molecular formula is C34H47N5O3Si2. The lowest BCUT2D eigenvalue weighted by atomic mass is 10.2. The molecule has 8 nitrogen and oxygen atoms in total. The van der Waals surface area contributed by atoms with Crippen molar-refractivity contribution in [3.63, 3.8) is 0 Å². The summed E-state index contributed by atoms with van der Waals surface area (Å²) >= 11 is 0. The molecule has 6 rings (SSSR count). The molecule has 0 unspecified atom stereocenters. The molecule has 44 heavy (non-hydrogen) atoms. The Kier molecular flexibility index (Phi) is 7.68. The van der Waals surface area contributed by atoms with Crippen molar-refractivity contribution < 1.29 is 13.6 Å². The second kappa shape index (κ2) is 10.9. The van der Waals surface area contributed by atoms with Crippen molar-refractivity contribution in [2.45, 2.75) is 103 Å². The van der Waals surface area contributed by atoms with E-state index in [1.807, 2.05) is 6.33 Å². The minimum absolute atomic E-state index is 0.0817. The van der Waals surface area contributed by atoms with E-state index < -0.39 is 16.6 Å². The molecule has 0 saturated carbocycles. The summed E-state index contributed by atoms with van der Waals surface area (Å²) in [6, 6.07) is 16.9.